The Hall–Kier alpha value is -3.08. The summed E-state index contributed by atoms with van der Waals surface area (Å²) in [5, 5.41) is 19.7. The molecule has 11 heteroatoms. The van der Waals surface area contributed by atoms with Crippen molar-refractivity contribution in [1.82, 2.24) is 4.90 Å². The standard InChI is InChI=1S/C27H29F6NO4/c1-16(2)3-12-21(17-4-8-19(9-5-17)26(28,29)30)34-14-13-25(23(35)36,24(37)38)15-22(34)18-6-10-20(11-7-18)27(31,32)33/h4-11,16,21-22H,3,12-15H2,1-2H3,(H,35,36)(H,37,38)/t21-,22-/m0/s1. The van der Waals surface area contributed by atoms with E-state index in [1.165, 1.54) is 24.3 Å². The van der Waals surface area contributed by atoms with Gasteiger partial charge in [-0.3, -0.25) is 14.5 Å². The summed E-state index contributed by atoms with van der Waals surface area (Å²) in [4.78, 5) is 26.1. The van der Waals surface area contributed by atoms with E-state index in [1.54, 1.807) is 0 Å². The van der Waals surface area contributed by atoms with Crippen molar-refractivity contribution < 1.29 is 46.1 Å². The maximum Gasteiger partial charge on any atom is 0.416 e. The van der Waals surface area contributed by atoms with Gasteiger partial charge in [-0.2, -0.15) is 26.3 Å². The molecule has 2 atom stereocenters. The highest BCUT2D eigenvalue weighted by atomic mass is 19.4. The molecule has 0 aliphatic carbocycles. The molecule has 3 rings (SSSR count). The largest absolute Gasteiger partial charge is 0.480 e. The van der Waals surface area contributed by atoms with E-state index in [2.05, 4.69) is 0 Å². The van der Waals surface area contributed by atoms with E-state index < -0.39 is 59.3 Å². The number of likely N-dealkylation sites (tertiary alicyclic amines) is 1. The van der Waals surface area contributed by atoms with Gasteiger partial charge in [0.25, 0.3) is 0 Å². The molecule has 2 aromatic carbocycles. The van der Waals surface area contributed by atoms with Crippen molar-refractivity contribution in [2.45, 2.75) is 64.0 Å². The molecule has 38 heavy (non-hydrogen) atoms. The minimum absolute atomic E-state index is 0.0337. The molecule has 0 amide bonds. The van der Waals surface area contributed by atoms with Gasteiger partial charge in [-0.05, 0) is 67.0 Å². The number of aliphatic carboxylic acids is 2. The van der Waals surface area contributed by atoms with Crippen LogP contribution in [-0.2, 0) is 21.9 Å². The third kappa shape index (κ3) is 6.31. The molecular weight excluding hydrogens is 516 g/mol. The van der Waals surface area contributed by atoms with Crippen LogP contribution in [0, 0.1) is 11.3 Å². The first kappa shape index (κ1) is 29.5. The van der Waals surface area contributed by atoms with Crippen LogP contribution < -0.4 is 0 Å². The quantitative estimate of drug-likeness (QED) is 0.271. The predicted molar refractivity (Wildman–Crippen MR) is 126 cm³/mol. The number of hydrogen-bond acceptors (Lipinski definition) is 3. The fraction of sp³-hybridized carbons (Fsp3) is 0.481. The van der Waals surface area contributed by atoms with E-state index in [9.17, 15) is 46.1 Å². The van der Waals surface area contributed by atoms with Crippen LogP contribution in [-0.4, -0.2) is 33.6 Å². The molecule has 1 aliphatic rings. The van der Waals surface area contributed by atoms with Crippen LogP contribution in [0.5, 0.6) is 0 Å². The Kier molecular flexibility index (Phi) is 8.50. The number of nitrogens with zero attached hydrogens (tertiary/aromatic N) is 1. The lowest BCUT2D eigenvalue weighted by molar-refractivity contribution is -0.171. The molecule has 0 spiro atoms. The van der Waals surface area contributed by atoms with E-state index in [1.807, 2.05) is 18.7 Å². The molecule has 0 unspecified atom stereocenters. The molecule has 5 nitrogen and oxygen atoms in total. The van der Waals surface area contributed by atoms with Gasteiger partial charge in [-0.1, -0.05) is 38.1 Å². The van der Waals surface area contributed by atoms with Gasteiger partial charge in [0, 0.05) is 18.6 Å². The van der Waals surface area contributed by atoms with Gasteiger partial charge in [0.15, 0.2) is 5.41 Å². The first-order valence-corrected chi connectivity index (χ1v) is 12.1. The van der Waals surface area contributed by atoms with Gasteiger partial charge in [-0.15, -0.1) is 0 Å². The summed E-state index contributed by atoms with van der Waals surface area (Å²) in [7, 11) is 0. The number of halogens is 6. The molecule has 2 N–H and O–H groups in total. The Morgan fingerprint density at radius 3 is 1.76 bits per heavy atom. The topological polar surface area (TPSA) is 77.8 Å². The van der Waals surface area contributed by atoms with Crippen LogP contribution in [0.15, 0.2) is 48.5 Å². The number of carboxylic acid groups (broad SMARTS) is 2. The second-order valence-electron chi connectivity index (χ2n) is 10.1. The fourth-order valence-electron chi connectivity index (χ4n) is 4.99. The zero-order valence-corrected chi connectivity index (χ0v) is 20.8. The Labute approximate surface area is 216 Å². The smallest absolute Gasteiger partial charge is 0.416 e. The summed E-state index contributed by atoms with van der Waals surface area (Å²) in [6.45, 7) is 3.90. The van der Waals surface area contributed by atoms with E-state index in [0.29, 0.717) is 24.0 Å². The normalized spacial score (nSPS) is 19.3. The van der Waals surface area contributed by atoms with Crippen molar-refractivity contribution in [2.24, 2.45) is 11.3 Å². The summed E-state index contributed by atoms with van der Waals surface area (Å²) in [6.07, 6.45) is -8.70. The third-order valence-corrected chi connectivity index (χ3v) is 7.22. The lowest BCUT2D eigenvalue weighted by atomic mass is 9.72. The molecule has 1 saturated heterocycles. The summed E-state index contributed by atoms with van der Waals surface area (Å²) in [5.41, 5.74) is -3.09. The number of hydrogen-bond donors (Lipinski definition) is 2. The van der Waals surface area contributed by atoms with E-state index >= 15 is 0 Å². The zero-order valence-electron chi connectivity index (χ0n) is 20.8. The van der Waals surface area contributed by atoms with E-state index in [0.717, 1.165) is 24.3 Å². The molecule has 1 aliphatic heterocycles. The van der Waals surface area contributed by atoms with Crippen molar-refractivity contribution >= 4 is 11.9 Å². The Morgan fingerprint density at radius 2 is 1.34 bits per heavy atom. The molecular formula is C27H29F6NO4. The molecule has 0 saturated carbocycles. The second-order valence-corrected chi connectivity index (χ2v) is 10.1. The second kappa shape index (κ2) is 11.0. The van der Waals surface area contributed by atoms with Crippen molar-refractivity contribution in [3.63, 3.8) is 0 Å². The first-order valence-electron chi connectivity index (χ1n) is 12.1. The van der Waals surface area contributed by atoms with Gasteiger partial charge in [0.05, 0.1) is 11.1 Å². The van der Waals surface area contributed by atoms with E-state index in [4.69, 9.17) is 0 Å². The molecule has 1 fully saturated rings. The summed E-state index contributed by atoms with van der Waals surface area (Å²) >= 11 is 0. The minimum atomic E-state index is -4.60. The van der Waals surface area contributed by atoms with Crippen molar-refractivity contribution in [3.8, 4) is 0 Å². The summed E-state index contributed by atoms with van der Waals surface area (Å²) < 4.78 is 79.0. The highest BCUT2D eigenvalue weighted by Gasteiger charge is 2.53. The minimum Gasteiger partial charge on any atom is -0.480 e. The average Bonchev–Trinajstić information content (AvgIpc) is 2.83. The maximum atomic E-state index is 13.2. The van der Waals surface area contributed by atoms with Crippen LogP contribution in [0.4, 0.5) is 26.3 Å². The average molecular weight is 546 g/mol. The van der Waals surface area contributed by atoms with Gasteiger partial charge in [-0.25, -0.2) is 0 Å². The molecule has 1 heterocycles. The van der Waals surface area contributed by atoms with Crippen LogP contribution in [0.25, 0.3) is 0 Å². The van der Waals surface area contributed by atoms with Gasteiger partial charge in [0.2, 0.25) is 0 Å². The Balaban J connectivity index is 2.10. The molecule has 208 valence electrons. The number of carbonyl (C=O) groups is 2. The van der Waals surface area contributed by atoms with E-state index in [-0.39, 0.29) is 18.9 Å². The van der Waals surface area contributed by atoms with Crippen LogP contribution in [0.1, 0.15) is 73.9 Å². The SMILES string of the molecule is CC(C)CC[C@@H](c1ccc(C(F)(F)F)cc1)N1CCC(C(=O)O)(C(=O)O)C[C@H]1c1ccc(C(F)(F)F)cc1. The molecule has 0 bridgehead atoms. The zero-order chi connectivity index (χ0) is 28.5. The fourth-order valence-corrected chi connectivity index (χ4v) is 4.99. The van der Waals surface area contributed by atoms with Crippen LogP contribution in [0.3, 0.4) is 0 Å². The predicted octanol–water partition coefficient (Wildman–Crippen LogP) is 7.19. The number of benzene rings is 2. The summed E-state index contributed by atoms with van der Waals surface area (Å²) in [6, 6.07) is 7.27. The van der Waals surface area contributed by atoms with Crippen LogP contribution >= 0.6 is 0 Å². The Morgan fingerprint density at radius 1 is 0.868 bits per heavy atom. The first-order chi connectivity index (χ1) is 17.6. The van der Waals surface area contributed by atoms with Crippen LogP contribution in [0.2, 0.25) is 0 Å². The van der Waals surface area contributed by atoms with Gasteiger partial charge in [0.1, 0.15) is 0 Å². The third-order valence-electron chi connectivity index (χ3n) is 7.22. The van der Waals surface area contributed by atoms with Crippen molar-refractivity contribution in [1.29, 1.82) is 0 Å². The molecule has 0 radical (unpaired) electrons. The highest BCUT2D eigenvalue weighted by Crippen LogP contribution is 2.48. The number of alkyl halides is 6. The monoisotopic (exact) mass is 545 g/mol. The number of carboxylic acids is 2. The number of rotatable bonds is 8. The maximum absolute atomic E-state index is 13.2. The van der Waals surface area contributed by atoms with Crippen molar-refractivity contribution in [3.05, 3.63) is 70.8 Å². The molecule has 2 aromatic rings. The lowest BCUT2D eigenvalue weighted by Crippen LogP contribution is -2.51. The number of piperidine rings is 1. The molecule has 0 aromatic heterocycles. The van der Waals surface area contributed by atoms with Gasteiger partial charge < -0.3 is 10.2 Å². The summed E-state index contributed by atoms with van der Waals surface area (Å²) in [5.74, 6) is -2.87. The van der Waals surface area contributed by atoms with Gasteiger partial charge >= 0.3 is 24.3 Å². The van der Waals surface area contributed by atoms with Crippen molar-refractivity contribution in [2.75, 3.05) is 6.54 Å². The highest BCUT2D eigenvalue weighted by molar-refractivity contribution is 5.98. The Bertz CT molecular complexity index is 1110. The lowest BCUT2D eigenvalue weighted by Gasteiger charge is -2.46.